The molecule has 7 nitrogen and oxygen atoms in total. The summed E-state index contributed by atoms with van der Waals surface area (Å²) >= 11 is 1.51. The van der Waals surface area contributed by atoms with Crippen LogP contribution in [0.2, 0.25) is 0 Å². The van der Waals surface area contributed by atoms with Gasteiger partial charge in [0.1, 0.15) is 5.82 Å². The maximum Gasteiger partial charge on any atom is 0.314 e. The first-order chi connectivity index (χ1) is 15.6. The second kappa shape index (κ2) is 10.4. The molecule has 32 heavy (non-hydrogen) atoms. The van der Waals surface area contributed by atoms with Crippen LogP contribution in [0, 0.1) is 5.82 Å². The zero-order chi connectivity index (χ0) is 22.3. The molecular formula is C23H26FN5O2S. The van der Waals surface area contributed by atoms with Gasteiger partial charge >= 0.3 is 6.03 Å². The van der Waals surface area contributed by atoms with Crippen molar-refractivity contribution in [3.63, 3.8) is 0 Å². The molecule has 3 aromatic rings. The second-order valence-electron chi connectivity index (χ2n) is 7.30. The predicted octanol–water partition coefficient (Wildman–Crippen LogP) is 3.35. The normalized spacial score (nSPS) is 14.4. The molecule has 1 aliphatic rings. The molecule has 4 rings (SSSR count). The Morgan fingerprint density at radius 3 is 2.53 bits per heavy atom. The number of ether oxygens (including phenoxy) is 1. The highest BCUT2D eigenvalue weighted by molar-refractivity contribution is 7.07. The highest BCUT2D eigenvalue weighted by Crippen LogP contribution is 2.25. The fraction of sp³-hybridized carbons (Fsp3) is 0.304. The zero-order valence-corrected chi connectivity index (χ0v) is 18.7. The summed E-state index contributed by atoms with van der Waals surface area (Å²) in [5, 5.41) is 7.44. The van der Waals surface area contributed by atoms with Crippen LogP contribution in [0.4, 0.5) is 20.6 Å². The van der Waals surface area contributed by atoms with Crippen LogP contribution in [-0.2, 0) is 11.3 Å². The number of nitrogens with one attached hydrogen (secondary N) is 2. The predicted molar refractivity (Wildman–Crippen MR) is 125 cm³/mol. The molecule has 168 valence electrons. The third-order valence-electron chi connectivity index (χ3n) is 5.24. The van der Waals surface area contributed by atoms with Crippen molar-refractivity contribution in [1.29, 1.82) is 0 Å². The topological polar surface area (TPSA) is 70.9 Å². The Bertz CT molecular complexity index is 1100. The van der Waals surface area contributed by atoms with Crippen molar-refractivity contribution in [1.82, 2.24) is 15.2 Å². The number of carbonyl (C=O) groups excluding carboxylic acids is 1. The number of halogens is 1. The van der Waals surface area contributed by atoms with Gasteiger partial charge in [0.15, 0.2) is 4.80 Å². The van der Waals surface area contributed by atoms with Crippen LogP contribution in [-0.4, -0.2) is 50.5 Å². The number of benzene rings is 2. The molecule has 0 radical (unpaired) electrons. The van der Waals surface area contributed by atoms with E-state index in [1.54, 1.807) is 19.2 Å². The van der Waals surface area contributed by atoms with Crippen molar-refractivity contribution >= 4 is 28.7 Å². The van der Waals surface area contributed by atoms with Crippen LogP contribution >= 0.6 is 11.3 Å². The van der Waals surface area contributed by atoms with Gasteiger partial charge in [0.25, 0.3) is 0 Å². The third-order valence-corrected chi connectivity index (χ3v) is 6.10. The Labute approximate surface area is 190 Å². The third kappa shape index (κ3) is 5.35. The van der Waals surface area contributed by atoms with E-state index in [0.717, 1.165) is 42.4 Å². The molecule has 0 unspecified atom stereocenters. The van der Waals surface area contributed by atoms with E-state index >= 15 is 0 Å². The Balaban J connectivity index is 1.63. The van der Waals surface area contributed by atoms with Gasteiger partial charge in [-0.05, 0) is 42.0 Å². The van der Waals surface area contributed by atoms with Crippen molar-refractivity contribution in [3.05, 3.63) is 64.5 Å². The van der Waals surface area contributed by atoms with E-state index in [4.69, 9.17) is 9.73 Å². The Hall–Kier alpha value is -3.17. The SMILES string of the molecule is CNC(=O)NCCn1c(-c2ccc(N3CCOCC3)cc2)csc1=Nc1ccc(F)cc1. The zero-order valence-electron chi connectivity index (χ0n) is 17.9. The van der Waals surface area contributed by atoms with Crippen LogP contribution < -0.4 is 20.3 Å². The largest absolute Gasteiger partial charge is 0.378 e. The lowest BCUT2D eigenvalue weighted by Crippen LogP contribution is -2.36. The summed E-state index contributed by atoms with van der Waals surface area (Å²) in [7, 11) is 1.59. The average molecular weight is 456 g/mol. The number of anilines is 1. The lowest BCUT2D eigenvalue weighted by atomic mass is 10.1. The molecule has 0 spiro atoms. The standard InChI is InChI=1S/C23H26FN5O2S/c1-25-22(30)26-10-11-29-21(16-32-23(29)27-19-6-4-18(24)5-7-19)17-2-8-20(9-3-17)28-12-14-31-15-13-28/h2-9,16H,10-15H2,1H3,(H2,25,26,30). The number of aromatic nitrogens is 1. The van der Waals surface area contributed by atoms with Gasteiger partial charge in [-0.2, -0.15) is 0 Å². The molecule has 9 heteroatoms. The Morgan fingerprint density at radius 2 is 1.84 bits per heavy atom. The van der Waals surface area contributed by atoms with Gasteiger partial charge in [0.05, 0.1) is 24.6 Å². The van der Waals surface area contributed by atoms with Crippen molar-refractivity contribution < 1.29 is 13.9 Å². The van der Waals surface area contributed by atoms with Crippen LogP contribution in [0.15, 0.2) is 58.9 Å². The number of thiazole rings is 1. The van der Waals surface area contributed by atoms with Crippen molar-refractivity contribution in [2.75, 3.05) is 44.8 Å². The number of nitrogens with zero attached hydrogens (tertiary/aromatic N) is 3. The van der Waals surface area contributed by atoms with Crippen LogP contribution in [0.3, 0.4) is 0 Å². The number of rotatable bonds is 6. The highest BCUT2D eigenvalue weighted by atomic mass is 32.1. The van der Waals surface area contributed by atoms with E-state index in [9.17, 15) is 9.18 Å². The van der Waals surface area contributed by atoms with Crippen molar-refractivity contribution in [2.45, 2.75) is 6.54 Å². The molecule has 0 aliphatic carbocycles. The molecule has 1 aromatic heterocycles. The number of amides is 2. The summed E-state index contributed by atoms with van der Waals surface area (Å²) in [6.45, 7) is 4.29. The molecule has 0 bridgehead atoms. The number of urea groups is 1. The summed E-state index contributed by atoms with van der Waals surface area (Å²) in [5.41, 5.74) is 3.94. The van der Waals surface area contributed by atoms with Crippen molar-refractivity contribution in [2.24, 2.45) is 4.99 Å². The summed E-state index contributed by atoms with van der Waals surface area (Å²) in [4.78, 5) is 19.4. The van der Waals surface area contributed by atoms with Crippen LogP contribution in [0.1, 0.15) is 0 Å². The van der Waals surface area contributed by atoms with Crippen LogP contribution in [0.25, 0.3) is 11.3 Å². The van der Waals surface area contributed by atoms with Gasteiger partial charge in [-0.15, -0.1) is 11.3 Å². The maximum absolute atomic E-state index is 13.3. The minimum absolute atomic E-state index is 0.228. The second-order valence-corrected chi connectivity index (χ2v) is 8.13. The molecular weight excluding hydrogens is 429 g/mol. The van der Waals surface area contributed by atoms with E-state index in [-0.39, 0.29) is 11.8 Å². The molecule has 1 aliphatic heterocycles. The summed E-state index contributed by atoms with van der Waals surface area (Å²) < 4.78 is 20.8. The first-order valence-electron chi connectivity index (χ1n) is 10.5. The smallest absolute Gasteiger partial charge is 0.314 e. The van der Waals surface area contributed by atoms with Gasteiger partial charge in [-0.25, -0.2) is 14.2 Å². The maximum atomic E-state index is 13.3. The lowest BCUT2D eigenvalue weighted by molar-refractivity contribution is 0.122. The Morgan fingerprint density at radius 1 is 1.12 bits per heavy atom. The molecule has 0 atom stereocenters. The quantitative estimate of drug-likeness (QED) is 0.599. The summed E-state index contributed by atoms with van der Waals surface area (Å²) in [6, 6.07) is 14.3. The molecule has 1 saturated heterocycles. The molecule has 0 saturated carbocycles. The average Bonchev–Trinajstić information content (AvgIpc) is 3.23. The first-order valence-corrected chi connectivity index (χ1v) is 11.4. The monoisotopic (exact) mass is 455 g/mol. The van der Waals surface area contributed by atoms with Crippen molar-refractivity contribution in [3.8, 4) is 11.3 Å². The van der Waals surface area contributed by atoms with Gasteiger partial charge in [-0.3, -0.25) is 0 Å². The molecule has 2 aromatic carbocycles. The van der Waals surface area contributed by atoms with E-state index in [1.807, 2.05) is 0 Å². The number of morpholine rings is 1. The minimum atomic E-state index is -0.293. The van der Waals surface area contributed by atoms with Gasteiger partial charge in [-0.1, -0.05) is 12.1 Å². The van der Waals surface area contributed by atoms with E-state index in [2.05, 4.69) is 49.7 Å². The minimum Gasteiger partial charge on any atom is -0.378 e. The van der Waals surface area contributed by atoms with Gasteiger partial charge < -0.3 is 24.8 Å². The summed E-state index contributed by atoms with van der Waals surface area (Å²) in [6.07, 6.45) is 0. The molecule has 2 heterocycles. The molecule has 2 N–H and O–H groups in total. The van der Waals surface area contributed by atoms with E-state index < -0.39 is 0 Å². The molecule has 2 amide bonds. The lowest BCUT2D eigenvalue weighted by Gasteiger charge is -2.28. The Kier molecular flexibility index (Phi) is 7.18. The first kappa shape index (κ1) is 22.0. The fourth-order valence-electron chi connectivity index (χ4n) is 3.53. The summed E-state index contributed by atoms with van der Waals surface area (Å²) in [5.74, 6) is -0.293. The van der Waals surface area contributed by atoms with E-state index in [0.29, 0.717) is 18.8 Å². The number of hydrogen-bond acceptors (Lipinski definition) is 5. The van der Waals surface area contributed by atoms with Gasteiger partial charge in [0.2, 0.25) is 0 Å². The number of carbonyl (C=O) groups is 1. The molecule has 1 fully saturated rings. The number of hydrogen-bond donors (Lipinski definition) is 2. The van der Waals surface area contributed by atoms with E-state index in [1.165, 1.54) is 29.2 Å². The highest BCUT2D eigenvalue weighted by Gasteiger charge is 2.13. The van der Waals surface area contributed by atoms with Gasteiger partial charge in [0, 0.05) is 44.3 Å². The van der Waals surface area contributed by atoms with Crippen LogP contribution in [0.5, 0.6) is 0 Å². The fourth-order valence-corrected chi connectivity index (χ4v) is 4.48.